The van der Waals surface area contributed by atoms with Crippen molar-refractivity contribution in [1.29, 1.82) is 0 Å². The van der Waals surface area contributed by atoms with Crippen LogP contribution in [-0.4, -0.2) is 38.4 Å². The van der Waals surface area contributed by atoms with Crippen LogP contribution in [0.15, 0.2) is 18.2 Å². The minimum atomic E-state index is -0.857. The number of nitrogens with zero attached hydrogens (tertiary/aromatic N) is 1. The first kappa shape index (κ1) is 14.2. The first-order chi connectivity index (χ1) is 8.54. The van der Waals surface area contributed by atoms with Gasteiger partial charge in [-0.15, -0.1) is 0 Å². The molecule has 1 aromatic rings. The molecule has 5 heteroatoms. The maximum Gasteiger partial charge on any atom is 0.326 e. The Kier molecular flexibility index (Phi) is 4.83. The molecule has 0 amide bonds. The Hall–Kier alpha value is -1.91. The number of anilines is 1. The fourth-order valence-electron chi connectivity index (χ4n) is 1.85. The molecule has 100 valence electrons. The van der Waals surface area contributed by atoms with Crippen LogP contribution in [0.3, 0.4) is 0 Å². The fraction of sp³-hybridized carbons (Fsp3) is 0.462. The normalized spacial score (nSPS) is 11.8. The molecule has 0 saturated carbocycles. The summed E-state index contributed by atoms with van der Waals surface area (Å²) < 4.78 is 10.4. The monoisotopic (exact) mass is 253 g/mol. The van der Waals surface area contributed by atoms with Crippen LogP contribution in [0.25, 0.3) is 0 Å². The third-order valence-corrected chi connectivity index (χ3v) is 2.91. The smallest absolute Gasteiger partial charge is 0.326 e. The molecule has 0 saturated heterocycles. The number of rotatable bonds is 6. The van der Waals surface area contributed by atoms with Crippen LogP contribution in [0, 0.1) is 0 Å². The van der Waals surface area contributed by atoms with Gasteiger partial charge in [-0.1, -0.05) is 6.92 Å². The molecular weight excluding hydrogens is 234 g/mol. The molecule has 0 spiro atoms. The molecule has 0 aliphatic heterocycles. The van der Waals surface area contributed by atoms with Crippen LogP contribution in [-0.2, 0) is 4.79 Å². The molecule has 0 aliphatic rings. The maximum absolute atomic E-state index is 11.2. The second-order valence-corrected chi connectivity index (χ2v) is 3.91. The summed E-state index contributed by atoms with van der Waals surface area (Å²) >= 11 is 0. The van der Waals surface area contributed by atoms with E-state index in [1.807, 2.05) is 6.92 Å². The molecule has 0 heterocycles. The second-order valence-electron chi connectivity index (χ2n) is 3.91. The lowest BCUT2D eigenvalue weighted by molar-refractivity contribution is -0.138. The number of hydrogen-bond acceptors (Lipinski definition) is 4. The van der Waals surface area contributed by atoms with Gasteiger partial charge in [-0.2, -0.15) is 0 Å². The summed E-state index contributed by atoms with van der Waals surface area (Å²) in [6.07, 6.45) is 0.506. The topological polar surface area (TPSA) is 59.0 Å². The van der Waals surface area contributed by atoms with Gasteiger partial charge in [0.25, 0.3) is 0 Å². The van der Waals surface area contributed by atoms with Crippen molar-refractivity contribution in [1.82, 2.24) is 0 Å². The molecule has 1 atom stereocenters. The Morgan fingerprint density at radius 2 is 2.06 bits per heavy atom. The fourth-order valence-corrected chi connectivity index (χ4v) is 1.85. The minimum Gasteiger partial charge on any atom is -0.497 e. The third-order valence-electron chi connectivity index (χ3n) is 2.91. The van der Waals surface area contributed by atoms with Crippen molar-refractivity contribution in [2.24, 2.45) is 0 Å². The zero-order valence-electron chi connectivity index (χ0n) is 11.1. The molecule has 0 bridgehead atoms. The number of likely N-dealkylation sites (N-methyl/N-ethyl adjacent to an activating group) is 1. The molecule has 18 heavy (non-hydrogen) atoms. The second kappa shape index (κ2) is 6.14. The van der Waals surface area contributed by atoms with Crippen LogP contribution in [0.2, 0.25) is 0 Å². The average Bonchev–Trinajstić information content (AvgIpc) is 2.38. The van der Waals surface area contributed by atoms with E-state index in [9.17, 15) is 9.90 Å². The number of aliphatic carboxylic acids is 1. The predicted octanol–water partition coefficient (Wildman–Crippen LogP) is 2.00. The van der Waals surface area contributed by atoms with Gasteiger partial charge in [-0.25, -0.2) is 4.79 Å². The van der Waals surface area contributed by atoms with Gasteiger partial charge in [0.2, 0.25) is 0 Å². The van der Waals surface area contributed by atoms with E-state index in [1.54, 1.807) is 44.4 Å². The molecule has 0 fully saturated rings. The Morgan fingerprint density at radius 3 is 2.50 bits per heavy atom. The van der Waals surface area contributed by atoms with Crippen LogP contribution < -0.4 is 14.4 Å². The first-order valence-corrected chi connectivity index (χ1v) is 5.72. The van der Waals surface area contributed by atoms with Crippen molar-refractivity contribution in [2.75, 3.05) is 26.2 Å². The van der Waals surface area contributed by atoms with Crippen molar-refractivity contribution in [3.05, 3.63) is 18.2 Å². The van der Waals surface area contributed by atoms with Crippen molar-refractivity contribution in [2.45, 2.75) is 19.4 Å². The molecular formula is C13H19NO4. The summed E-state index contributed by atoms with van der Waals surface area (Å²) in [6, 6.07) is 4.72. The van der Waals surface area contributed by atoms with E-state index in [2.05, 4.69) is 0 Å². The van der Waals surface area contributed by atoms with E-state index >= 15 is 0 Å². The van der Waals surface area contributed by atoms with E-state index in [1.165, 1.54) is 0 Å². The summed E-state index contributed by atoms with van der Waals surface area (Å²) in [6.45, 7) is 1.84. The molecule has 5 nitrogen and oxygen atoms in total. The Labute approximate surface area is 107 Å². The SMILES string of the molecule is CC[C@@H](C(=O)O)N(C)c1cc(OC)ccc1OC. The lowest BCUT2D eigenvalue weighted by Crippen LogP contribution is -2.38. The van der Waals surface area contributed by atoms with E-state index in [0.29, 0.717) is 23.6 Å². The largest absolute Gasteiger partial charge is 0.497 e. The minimum absolute atomic E-state index is 0.506. The molecule has 1 aromatic carbocycles. The number of ether oxygens (including phenoxy) is 2. The molecule has 1 rings (SSSR count). The Morgan fingerprint density at radius 1 is 1.39 bits per heavy atom. The third kappa shape index (κ3) is 2.85. The highest BCUT2D eigenvalue weighted by atomic mass is 16.5. The molecule has 0 radical (unpaired) electrons. The summed E-state index contributed by atoms with van der Waals surface area (Å²) in [7, 11) is 4.86. The number of carbonyl (C=O) groups is 1. The molecule has 1 N–H and O–H groups in total. The Bertz CT molecular complexity index is 419. The Balaban J connectivity index is 3.16. The first-order valence-electron chi connectivity index (χ1n) is 5.72. The van der Waals surface area contributed by atoms with Crippen LogP contribution in [0.5, 0.6) is 11.5 Å². The van der Waals surface area contributed by atoms with E-state index in [4.69, 9.17) is 9.47 Å². The quantitative estimate of drug-likeness (QED) is 0.840. The maximum atomic E-state index is 11.2. The summed E-state index contributed by atoms with van der Waals surface area (Å²) in [5, 5.41) is 9.18. The van der Waals surface area contributed by atoms with Gasteiger partial charge >= 0.3 is 5.97 Å². The zero-order valence-corrected chi connectivity index (χ0v) is 11.1. The number of hydrogen-bond donors (Lipinski definition) is 1. The van der Waals surface area contributed by atoms with Gasteiger partial charge in [0.1, 0.15) is 17.5 Å². The van der Waals surface area contributed by atoms with E-state index in [0.717, 1.165) is 0 Å². The lowest BCUT2D eigenvalue weighted by atomic mass is 10.1. The van der Waals surface area contributed by atoms with Crippen LogP contribution in [0.4, 0.5) is 5.69 Å². The van der Waals surface area contributed by atoms with Gasteiger partial charge in [0.15, 0.2) is 0 Å². The van der Waals surface area contributed by atoms with Gasteiger partial charge in [0.05, 0.1) is 19.9 Å². The van der Waals surface area contributed by atoms with Gasteiger partial charge < -0.3 is 19.5 Å². The standard InChI is InChI=1S/C13H19NO4/c1-5-10(13(15)16)14(2)11-8-9(17-3)6-7-12(11)18-4/h6-8,10H,5H2,1-4H3,(H,15,16)/t10-/m0/s1. The van der Waals surface area contributed by atoms with Crippen molar-refractivity contribution in [3.63, 3.8) is 0 Å². The predicted molar refractivity (Wildman–Crippen MR) is 69.7 cm³/mol. The van der Waals surface area contributed by atoms with Gasteiger partial charge in [-0.05, 0) is 18.6 Å². The molecule has 0 unspecified atom stereocenters. The summed E-state index contributed by atoms with van der Waals surface area (Å²) in [5.74, 6) is 0.431. The molecule has 0 aromatic heterocycles. The number of benzene rings is 1. The van der Waals surface area contributed by atoms with E-state index in [-0.39, 0.29) is 0 Å². The van der Waals surface area contributed by atoms with Crippen LogP contribution >= 0.6 is 0 Å². The highest BCUT2D eigenvalue weighted by molar-refractivity contribution is 5.79. The summed E-state index contributed by atoms with van der Waals surface area (Å²) in [4.78, 5) is 12.9. The highest BCUT2D eigenvalue weighted by Crippen LogP contribution is 2.33. The average molecular weight is 253 g/mol. The lowest BCUT2D eigenvalue weighted by Gasteiger charge is -2.27. The van der Waals surface area contributed by atoms with Gasteiger partial charge in [0, 0.05) is 13.1 Å². The van der Waals surface area contributed by atoms with Crippen molar-refractivity contribution >= 4 is 11.7 Å². The van der Waals surface area contributed by atoms with Gasteiger partial charge in [-0.3, -0.25) is 0 Å². The van der Waals surface area contributed by atoms with Crippen molar-refractivity contribution < 1.29 is 19.4 Å². The van der Waals surface area contributed by atoms with Crippen molar-refractivity contribution in [3.8, 4) is 11.5 Å². The highest BCUT2D eigenvalue weighted by Gasteiger charge is 2.23. The zero-order chi connectivity index (χ0) is 13.7. The number of carboxylic acid groups (broad SMARTS) is 1. The number of carboxylic acids is 1. The van der Waals surface area contributed by atoms with E-state index < -0.39 is 12.0 Å². The van der Waals surface area contributed by atoms with Crippen LogP contribution in [0.1, 0.15) is 13.3 Å². The number of methoxy groups -OCH3 is 2. The summed E-state index contributed by atoms with van der Waals surface area (Å²) in [5.41, 5.74) is 0.700. The molecule has 0 aliphatic carbocycles.